The Labute approximate surface area is 116 Å². The minimum atomic E-state index is -1.37. The fourth-order valence-electron chi connectivity index (χ4n) is 1.81. The highest BCUT2D eigenvalue weighted by Crippen LogP contribution is 2.17. The number of hydrogen-bond acceptors (Lipinski definition) is 3. The molecular weight excluding hydrogens is 260 g/mol. The molecule has 0 heterocycles. The van der Waals surface area contributed by atoms with Crippen LogP contribution in [0.2, 0.25) is 0 Å². The van der Waals surface area contributed by atoms with E-state index in [0.29, 0.717) is 5.56 Å². The topological polar surface area (TPSA) is 91.7 Å². The lowest BCUT2D eigenvalue weighted by Gasteiger charge is -2.07. The van der Waals surface area contributed by atoms with Gasteiger partial charge in [-0.05, 0) is 13.3 Å². The highest BCUT2D eigenvalue weighted by atomic mass is 16.4. The van der Waals surface area contributed by atoms with E-state index in [1.54, 1.807) is 31.2 Å². The van der Waals surface area contributed by atoms with Gasteiger partial charge in [-0.25, -0.2) is 9.59 Å². The largest absolute Gasteiger partial charge is 0.478 e. The van der Waals surface area contributed by atoms with Crippen molar-refractivity contribution >= 4 is 17.7 Å². The molecule has 0 aliphatic rings. The zero-order valence-electron chi connectivity index (χ0n) is 11.3. The number of carbonyl (C=O) groups is 3. The highest BCUT2D eigenvalue weighted by molar-refractivity contribution is 6.06. The van der Waals surface area contributed by atoms with Gasteiger partial charge >= 0.3 is 11.9 Å². The van der Waals surface area contributed by atoms with Crippen LogP contribution in [0, 0.1) is 6.92 Å². The zero-order valence-corrected chi connectivity index (χ0v) is 11.3. The molecule has 0 spiro atoms. The lowest BCUT2D eigenvalue weighted by Crippen LogP contribution is -2.14. The number of benzene rings is 1. The van der Waals surface area contributed by atoms with Gasteiger partial charge in [0.2, 0.25) is 0 Å². The smallest absolute Gasteiger partial charge is 0.332 e. The third-order valence-electron chi connectivity index (χ3n) is 2.95. The molecule has 0 atom stereocenters. The number of ketones is 1. The minimum Gasteiger partial charge on any atom is -0.478 e. The Morgan fingerprint density at radius 2 is 1.45 bits per heavy atom. The molecule has 1 aromatic carbocycles. The van der Waals surface area contributed by atoms with E-state index in [2.05, 4.69) is 0 Å². The third-order valence-corrected chi connectivity index (χ3v) is 2.95. The average Bonchev–Trinajstić information content (AvgIpc) is 2.38. The second-order valence-electron chi connectivity index (χ2n) is 4.39. The first-order valence-electron chi connectivity index (χ1n) is 6.15. The van der Waals surface area contributed by atoms with Crippen LogP contribution in [-0.4, -0.2) is 27.9 Å². The molecule has 106 valence electrons. The maximum absolute atomic E-state index is 12.0. The van der Waals surface area contributed by atoms with Crippen molar-refractivity contribution in [2.24, 2.45) is 0 Å². The van der Waals surface area contributed by atoms with Crippen molar-refractivity contribution in [1.29, 1.82) is 0 Å². The van der Waals surface area contributed by atoms with Crippen LogP contribution in [0.4, 0.5) is 0 Å². The number of Topliss-reactive ketones (excluding diaryl/α,β-unsaturated/α-hetero) is 1. The molecule has 1 aromatic rings. The van der Waals surface area contributed by atoms with Crippen molar-refractivity contribution in [2.75, 3.05) is 0 Å². The van der Waals surface area contributed by atoms with Gasteiger partial charge in [-0.3, -0.25) is 4.79 Å². The average molecular weight is 276 g/mol. The Morgan fingerprint density at radius 3 is 1.85 bits per heavy atom. The Kier molecular flexibility index (Phi) is 5.20. The fourth-order valence-corrected chi connectivity index (χ4v) is 1.81. The normalized spacial score (nSPS) is 11.7. The van der Waals surface area contributed by atoms with Gasteiger partial charge in [0.15, 0.2) is 5.78 Å². The summed E-state index contributed by atoms with van der Waals surface area (Å²) in [4.78, 5) is 34.2. The molecule has 1 rings (SSSR count). The molecule has 0 unspecified atom stereocenters. The summed E-state index contributed by atoms with van der Waals surface area (Å²) in [7, 11) is 0. The fraction of sp³-hybridized carbons (Fsp3) is 0.267. The highest BCUT2D eigenvalue weighted by Gasteiger charge is 2.21. The van der Waals surface area contributed by atoms with Crippen LogP contribution in [0.5, 0.6) is 0 Å². The van der Waals surface area contributed by atoms with E-state index in [1.165, 1.54) is 0 Å². The molecule has 0 aliphatic heterocycles. The van der Waals surface area contributed by atoms with Gasteiger partial charge in [0.1, 0.15) is 0 Å². The van der Waals surface area contributed by atoms with Crippen molar-refractivity contribution in [1.82, 2.24) is 0 Å². The summed E-state index contributed by atoms with van der Waals surface area (Å²) >= 11 is 0. The Hall–Kier alpha value is -2.43. The van der Waals surface area contributed by atoms with Gasteiger partial charge in [0.25, 0.3) is 0 Å². The standard InChI is InChI=1S/C15H16O5/c1-3-11(14(17)18)12(15(19)20)8-13(16)10-6-4-9(2)5-7-10/h4-7H,3,8H2,1-2H3,(H,17,18)(H,19,20). The van der Waals surface area contributed by atoms with Crippen LogP contribution in [0.3, 0.4) is 0 Å². The van der Waals surface area contributed by atoms with Crippen molar-refractivity contribution in [3.8, 4) is 0 Å². The van der Waals surface area contributed by atoms with E-state index < -0.39 is 24.1 Å². The maximum Gasteiger partial charge on any atom is 0.332 e. The molecule has 5 nitrogen and oxygen atoms in total. The van der Waals surface area contributed by atoms with Crippen LogP contribution >= 0.6 is 0 Å². The van der Waals surface area contributed by atoms with Gasteiger partial charge in [-0.15, -0.1) is 0 Å². The number of carboxylic acid groups (broad SMARTS) is 2. The van der Waals surface area contributed by atoms with Crippen molar-refractivity contribution < 1.29 is 24.6 Å². The lowest BCUT2D eigenvalue weighted by molar-refractivity contribution is -0.136. The van der Waals surface area contributed by atoms with Crippen LogP contribution in [0.25, 0.3) is 0 Å². The summed E-state index contributed by atoms with van der Waals surface area (Å²) in [5.74, 6) is -3.08. The summed E-state index contributed by atoms with van der Waals surface area (Å²) < 4.78 is 0. The van der Waals surface area contributed by atoms with Gasteiger partial charge < -0.3 is 10.2 Å². The zero-order chi connectivity index (χ0) is 15.3. The second-order valence-corrected chi connectivity index (χ2v) is 4.39. The summed E-state index contributed by atoms with van der Waals surface area (Å²) in [5.41, 5.74) is 0.758. The van der Waals surface area contributed by atoms with Crippen LogP contribution < -0.4 is 0 Å². The monoisotopic (exact) mass is 276 g/mol. The van der Waals surface area contributed by atoms with E-state index in [9.17, 15) is 14.4 Å². The first-order valence-corrected chi connectivity index (χ1v) is 6.15. The van der Waals surface area contributed by atoms with Crippen molar-refractivity contribution in [3.63, 3.8) is 0 Å². The molecule has 0 aromatic heterocycles. The Bertz CT molecular complexity index is 566. The molecular formula is C15H16O5. The van der Waals surface area contributed by atoms with E-state index in [1.807, 2.05) is 6.92 Å². The molecule has 0 radical (unpaired) electrons. The number of carboxylic acids is 2. The van der Waals surface area contributed by atoms with E-state index in [0.717, 1.165) is 5.56 Å². The first-order chi connectivity index (χ1) is 9.36. The third kappa shape index (κ3) is 3.78. The number of rotatable bonds is 6. The molecule has 0 bridgehead atoms. The summed E-state index contributed by atoms with van der Waals surface area (Å²) in [6, 6.07) is 6.69. The number of aryl methyl sites for hydroxylation is 1. The minimum absolute atomic E-state index is 0.0537. The first kappa shape index (κ1) is 15.6. The van der Waals surface area contributed by atoms with Gasteiger partial charge in [-0.2, -0.15) is 0 Å². The Balaban J connectivity index is 3.09. The van der Waals surface area contributed by atoms with Gasteiger partial charge in [-0.1, -0.05) is 36.8 Å². The van der Waals surface area contributed by atoms with Gasteiger partial charge in [0, 0.05) is 17.6 Å². The number of aliphatic carboxylic acids is 2. The van der Waals surface area contributed by atoms with Gasteiger partial charge in [0.05, 0.1) is 5.57 Å². The molecule has 0 saturated heterocycles. The molecule has 0 aliphatic carbocycles. The summed E-state index contributed by atoms with van der Waals surface area (Å²) in [6.45, 7) is 3.42. The molecule has 20 heavy (non-hydrogen) atoms. The molecule has 5 heteroatoms. The quantitative estimate of drug-likeness (QED) is 0.615. The SMILES string of the molecule is CCC(C(=O)O)=C(CC(=O)c1ccc(C)cc1)C(=O)O. The summed E-state index contributed by atoms with van der Waals surface area (Å²) in [5, 5.41) is 18.1. The molecule has 0 saturated carbocycles. The molecule has 2 N–H and O–H groups in total. The van der Waals surface area contributed by atoms with E-state index in [4.69, 9.17) is 10.2 Å². The van der Waals surface area contributed by atoms with Crippen molar-refractivity contribution in [2.45, 2.75) is 26.7 Å². The predicted molar refractivity (Wildman–Crippen MR) is 72.7 cm³/mol. The maximum atomic E-state index is 12.0. The van der Waals surface area contributed by atoms with Crippen LogP contribution in [0.15, 0.2) is 35.4 Å². The van der Waals surface area contributed by atoms with E-state index >= 15 is 0 Å². The predicted octanol–water partition coefficient (Wildman–Crippen LogP) is 2.44. The second kappa shape index (κ2) is 6.65. The van der Waals surface area contributed by atoms with Crippen LogP contribution in [-0.2, 0) is 9.59 Å². The lowest BCUT2D eigenvalue weighted by atomic mass is 9.97. The number of carbonyl (C=O) groups excluding carboxylic acids is 1. The Morgan fingerprint density at radius 1 is 0.950 bits per heavy atom. The molecule has 0 fully saturated rings. The van der Waals surface area contributed by atoms with Crippen molar-refractivity contribution in [3.05, 3.63) is 46.5 Å². The molecule has 0 amide bonds. The number of hydrogen-bond donors (Lipinski definition) is 2. The summed E-state index contributed by atoms with van der Waals surface area (Å²) in [6.07, 6.45) is -0.369. The van der Waals surface area contributed by atoms with E-state index in [-0.39, 0.29) is 17.6 Å². The van der Waals surface area contributed by atoms with Crippen LogP contribution in [0.1, 0.15) is 35.7 Å².